The second-order valence-corrected chi connectivity index (χ2v) is 6.66. The highest BCUT2D eigenvalue weighted by Crippen LogP contribution is 2.36. The molecule has 0 spiro atoms. The van der Waals surface area contributed by atoms with E-state index in [1.54, 1.807) is 0 Å². The molecule has 0 heterocycles. The third-order valence-corrected chi connectivity index (χ3v) is 4.44. The second kappa shape index (κ2) is 6.37. The van der Waals surface area contributed by atoms with E-state index in [0.717, 1.165) is 16.7 Å². The fourth-order valence-corrected chi connectivity index (χ4v) is 3.72. The van der Waals surface area contributed by atoms with Crippen LogP contribution >= 0.6 is 11.8 Å². The lowest BCUT2D eigenvalue weighted by Gasteiger charge is -2.21. The van der Waals surface area contributed by atoms with E-state index in [2.05, 4.69) is 12.1 Å². The van der Waals surface area contributed by atoms with Crippen molar-refractivity contribution in [3.63, 3.8) is 0 Å². The van der Waals surface area contributed by atoms with Crippen LogP contribution in [0.1, 0.15) is 46.0 Å². The molecule has 0 aromatic heterocycles. The number of benzene rings is 1. The van der Waals surface area contributed by atoms with Gasteiger partial charge in [-0.3, -0.25) is 0 Å². The van der Waals surface area contributed by atoms with Gasteiger partial charge in [0, 0.05) is 21.9 Å². The maximum Gasteiger partial charge on any atom is 0.122 e. The normalized spacial score (nSPS) is 17.1. The predicted molar refractivity (Wildman–Crippen MR) is 79.3 cm³/mol. The molecular formula is C15H23NOS. The maximum absolute atomic E-state index is 5.95. The number of hydrogen-bond donors (Lipinski definition) is 1. The Morgan fingerprint density at radius 3 is 2.56 bits per heavy atom. The predicted octanol–water partition coefficient (Wildman–Crippen LogP) is 4.48. The standard InChI is InChI=1S/C15H23NOS/c1-11(2)17-13-8-12(16)9-15(10-13)18-14-6-4-3-5-7-14/h8-11,14H,3-7,16H2,1-2H3. The lowest BCUT2D eigenvalue weighted by molar-refractivity contribution is 0.242. The van der Waals surface area contributed by atoms with Crippen molar-refractivity contribution in [3.8, 4) is 5.75 Å². The average Bonchev–Trinajstić information content (AvgIpc) is 2.28. The van der Waals surface area contributed by atoms with Gasteiger partial charge >= 0.3 is 0 Å². The zero-order chi connectivity index (χ0) is 13.0. The topological polar surface area (TPSA) is 35.2 Å². The summed E-state index contributed by atoms with van der Waals surface area (Å²) in [5.74, 6) is 0.892. The Balaban J connectivity index is 2.04. The summed E-state index contributed by atoms with van der Waals surface area (Å²) in [6.07, 6.45) is 7.00. The first kappa shape index (κ1) is 13.6. The summed E-state index contributed by atoms with van der Waals surface area (Å²) >= 11 is 1.96. The quantitative estimate of drug-likeness (QED) is 0.815. The van der Waals surface area contributed by atoms with Crippen LogP contribution in [0.25, 0.3) is 0 Å². The molecule has 1 aromatic rings. The van der Waals surface area contributed by atoms with Crippen LogP contribution in [0.5, 0.6) is 5.75 Å². The molecule has 0 aliphatic heterocycles. The summed E-state index contributed by atoms with van der Waals surface area (Å²) in [4.78, 5) is 1.25. The number of anilines is 1. The van der Waals surface area contributed by atoms with Gasteiger partial charge < -0.3 is 10.5 Å². The Bertz CT molecular complexity index is 386. The zero-order valence-electron chi connectivity index (χ0n) is 11.3. The Morgan fingerprint density at radius 1 is 1.17 bits per heavy atom. The maximum atomic E-state index is 5.95. The number of thioether (sulfide) groups is 1. The Hall–Kier alpha value is -0.830. The number of nitrogens with two attached hydrogens (primary N) is 1. The van der Waals surface area contributed by atoms with Crippen molar-refractivity contribution in [2.75, 3.05) is 5.73 Å². The molecule has 18 heavy (non-hydrogen) atoms. The smallest absolute Gasteiger partial charge is 0.122 e. The molecule has 2 N–H and O–H groups in total. The van der Waals surface area contributed by atoms with Gasteiger partial charge in [0.25, 0.3) is 0 Å². The first-order valence-corrected chi connectivity index (χ1v) is 7.75. The first-order chi connectivity index (χ1) is 8.63. The fraction of sp³-hybridized carbons (Fsp3) is 0.600. The summed E-state index contributed by atoms with van der Waals surface area (Å²) in [5, 5.41) is 0.757. The van der Waals surface area contributed by atoms with Crippen LogP contribution in [0.2, 0.25) is 0 Å². The van der Waals surface area contributed by atoms with Gasteiger partial charge in [-0.1, -0.05) is 19.3 Å². The molecule has 1 aliphatic carbocycles. The summed E-state index contributed by atoms with van der Waals surface area (Å²) in [6.45, 7) is 4.08. The molecule has 100 valence electrons. The molecular weight excluding hydrogens is 242 g/mol. The number of hydrogen-bond acceptors (Lipinski definition) is 3. The van der Waals surface area contributed by atoms with E-state index in [1.807, 2.05) is 31.7 Å². The minimum Gasteiger partial charge on any atom is -0.491 e. The van der Waals surface area contributed by atoms with Gasteiger partial charge in [-0.05, 0) is 38.8 Å². The van der Waals surface area contributed by atoms with E-state index in [-0.39, 0.29) is 6.10 Å². The van der Waals surface area contributed by atoms with E-state index in [4.69, 9.17) is 10.5 Å². The summed E-state index contributed by atoms with van der Waals surface area (Å²) in [5.41, 5.74) is 6.74. The van der Waals surface area contributed by atoms with E-state index in [0.29, 0.717) is 0 Å². The van der Waals surface area contributed by atoms with Crippen LogP contribution in [-0.2, 0) is 0 Å². The Morgan fingerprint density at radius 2 is 1.89 bits per heavy atom. The third-order valence-electron chi connectivity index (χ3n) is 3.13. The molecule has 0 amide bonds. The van der Waals surface area contributed by atoms with Crippen LogP contribution in [-0.4, -0.2) is 11.4 Å². The van der Waals surface area contributed by atoms with Gasteiger partial charge in [0.1, 0.15) is 5.75 Å². The van der Waals surface area contributed by atoms with Gasteiger partial charge in [0.05, 0.1) is 6.10 Å². The minimum absolute atomic E-state index is 0.194. The molecule has 1 saturated carbocycles. The highest BCUT2D eigenvalue weighted by atomic mass is 32.2. The highest BCUT2D eigenvalue weighted by molar-refractivity contribution is 8.00. The fourth-order valence-electron chi connectivity index (χ4n) is 2.38. The SMILES string of the molecule is CC(C)Oc1cc(N)cc(SC2CCCCC2)c1. The van der Waals surface area contributed by atoms with Gasteiger partial charge in [-0.25, -0.2) is 0 Å². The number of nitrogen functional groups attached to an aromatic ring is 1. The summed E-state index contributed by atoms with van der Waals surface area (Å²) in [7, 11) is 0. The molecule has 1 aliphatic rings. The van der Waals surface area contributed by atoms with Gasteiger partial charge in [-0.2, -0.15) is 0 Å². The molecule has 0 bridgehead atoms. The van der Waals surface area contributed by atoms with Crippen LogP contribution in [0.3, 0.4) is 0 Å². The minimum atomic E-state index is 0.194. The zero-order valence-corrected chi connectivity index (χ0v) is 12.1. The van der Waals surface area contributed by atoms with Crippen LogP contribution in [0.15, 0.2) is 23.1 Å². The third kappa shape index (κ3) is 4.13. The van der Waals surface area contributed by atoms with Gasteiger partial charge in [0.15, 0.2) is 0 Å². The monoisotopic (exact) mass is 265 g/mol. The average molecular weight is 265 g/mol. The summed E-state index contributed by atoms with van der Waals surface area (Å²) < 4.78 is 5.73. The van der Waals surface area contributed by atoms with Gasteiger partial charge in [-0.15, -0.1) is 11.8 Å². The second-order valence-electron chi connectivity index (χ2n) is 5.28. The van der Waals surface area contributed by atoms with Crippen LogP contribution < -0.4 is 10.5 Å². The lowest BCUT2D eigenvalue weighted by atomic mass is 10.0. The van der Waals surface area contributed by atoms with Gasteiger partial charge in [0.2, 0.25) is 0 Å². The molecule has 1 fully saturated rings. The van der Waals surface area contributed by atoms with Crippen molar-refractivity contribution in [2.45, 2.75) is 62.2 Å². The lowest BCUT2D eigenvalue weighted by Crippen LogP contribution is -2.08. The van der Waals surface area contributed by atoms with E-state index in [9.17, 15) is 0 Å². The van der Waals surface area contributed by atoms with E-state index >= 15 is 0 Å². The highest BCUT2D eigenvalue weighted by Gasteiger charge is 2.15. The van der Waals surface area contributed by atoms with Crippen molar-refractivity contribution in [1.29, 1.82) is 0 Å². The molecule has 3 heteroatoms. The molecule has 2 nitrogen and oxygen atoms in total. The molecule has 0 saturated heterocycles. The van der Waals surface area contributed by atoms with Crippen molar-refractivity contribution in [2.24, 2.45) is 0 Å². The van der Waals surface area contributed by atoms with E-state index in [1.165, 1.54) is 37.0 Å². The number of ether oxygens (including phenoxy) is 1. The van der Waals surface area contributed by atoms with Crippen molar-refractivity contribution >= 4 is 17.4 Å². The van der Waals surface area contributed by atoms with Crippen LogP contribution in [0, 0.1) is 0 Å². The number of rotatable bonds is 4. The van der Waals surface area contributed by atoms with Crippen LogP contribution in [0.4, 0.5) is 5.69 Å². The van der Waals surface area contributed by atoms with Crippen molar-refractivity contribution < 1.29 is 4.74 Å². The Kier molecular flexibility index (Phi) is 4.81. The molecule has 0 unspecified atom stereocenters. The van der Waals surface area contributed by atoms with Crippen molar-refractivity contribution in [3.05, 3.63) is 18.2 Å². The van der Waals surface area contributed by atoms with E-state index < -0.39 is 0 Å². The molecule has 1 aromatic carbocycles. The summed E-state index contributed by atoms with van der Waals surface area (Å²) in [6, 6.07) is 6.09. The molecule has 0 atom stereocenters. The Labute approximate surface area is 114 Å². The molecule has 0 radical (unpaired) electrons. The van der Waals surface area contributed by atoms with Crippen molar-refractivity contribution in [1.82, 2.24) is 0 Å². The molecule has 2 rings (SSSR count). The first-order valence-electron chi connectivity index (χ1n) is 6.87. The largest absolute Gasteiger partial charge is 0.491 e.